The second-order valence-corrected chi connectivity index (χ2v) is 3.47. The third-order valence-corrected chi connectivity index (χ3v) is 1.99. The van der Waals surface area contributed by atoms with Gasteiger partial charge in [-0.15, -0.1) is 0 Å². The lowest BCUT2D eigenvalue weighted by Crippen LogP contribution is -2.38. The van der Waals surface area contributed by atoms with Crippen LogP contribution in [0.15, 0.2) is 24.3 Å². The average Bonchev–Trinajstić information content (AvgIpc) is 2.16. The van der Waals surface area contributed by atoms with Crippen LogP contribution in [0.1, 0.15) is 6.92 Å². The maximum absolute atomic E-state index is 12.5. The number of hydrogen-bond acceptors (Lipinski definition) is 2. The van der Waals surface area contributed by atoms with Crippen LogP contribution >= 0.6 is 11.6 Å². The van der Waals surface area contributed by atoms with Crippen molar-refractivity contribution in [2.45, 2.75) is 19.3 Å². The lowest BCUT2D eigenvalue weighted by Gasteiger charge is -2.22. The van der Waals surface area contributed by atoms with Gasteiger partial charge in [0.25, 0.3) is 0 Å². The average molecular weight is 254 g/mol. The number of alkyl halides is 3. The summed E-state index contributed by atoms with van der Waals surface area (Å²) < 4.78 is 42.0. The molecule has 0 saturated heterocycles. The molecular formula is C10H11ClF3NO. The maximum Gasteiger partial charge on any atom is 0.433 e. The highest BCUT2D eigenvalue weighted by molar-refractivity contribution is 6.30. The predicted octanol–water partition coefficient (Wildman–Crippen LogP) is 3.68. The Morgan fingerprint density at radius 3 is 2.62 bits per heavy atom. The molecule has 0 bridgehead atoms. The molecule has 1 N–H and O–H groups in total. The molecule has 0 aromatic heterocycles. The third-order valence-electron chi connectivity index (χ3n) is 1.75. The van der Waals surface area contributed by atoms with E-state index in [1.165, 1.54) is 19.1 Å². The van der Waals surface area contributed by atoms with Gasteiger partial charge in [0.1, 0.15) is 0 Å². The summed E-state index contributed by atoms with van der Waals surface area (Å²) in [6.45, 7) is 1.47. The standard InChI is InChI=1S/C10H11ClF3NO/c1-2-16-9(10(12,13)14)15-8-5-3-4-7(11)6-8/h3-6,9,15H,2H2,1H3. The lowest BCUT2D eigenvalue weighted by atomic mass is 10.3. The van der Waals surface area contributed by atoms with Crippen molar-refractivity contribution < 1.29 is 17.9 Å². The summed E-state index contributed by atoms with van der Waals surface area (Å²) in [5.74, 6) is 0. The second-order valence-electron chi connectivity index (χ2n) is 3.03. The largest absolute Gasteiger partial charge is 0.433 e. The fourth-order valence-electron chi connectivity index (χ4n) is 1.11. The van der Waals surface area contributed by atoms with Crippen LogP contribution < -0.4 is 5.32 Å². The fourth-order valence-corrected chi connectivity index (χ4v) is 1.30. The van der Waals surface area contributed by atoms with E-state index in [1.807, 2.05) is 0 Å². The topological polar surface area (TPSA) is 21.3 Å². The van der Waals surface area contributed by atoms with E-state index < -0.39 is 12.4 Å². The molecule has 0 radical (unpaired) electrons. The van der Waals surface area contributed by atoms with E-state index in [2.05, 4.69) is 10.1 Å². The van der Waals surface area contributed by atoms with E-state index in [0.29, 0.717) is 5.02 Å². The number of hydrogen-bond donors (Lipinski definition) is 1. The van der Waals surface area contributed by atoms with Crippen molar-refractivity contribution in [3.8, 4) is 0 Å². The molecule has 0 aliphatic heterocycles. The van der Waals surface area contributed by atoms with Crippen molar-refractivity contribution >= 4 is 17.3 Å². The Hall–Kier alpha value is -0.940. The van der Waals surface area contributed by atoms with Gasteiger partial charge in [-0.2, -0.15) is 13.2 Å². The van der Waals surface area contributed by atoms with Crippen LogP contribution in [0.25, 0.3) is 0 Å². The normalized spacial score (nSPS) is 13.6. The van der Waals surface area contributed by atoms with E-state index in [1.54, 1.807) is 12.1 Å². The van der Waals surface area contributed by atoms with Gasteiger partial charge in [0, 0.05) is 17.3 Å². The quantitative estimate of drug-likeness (QED) is 0.827. The Labute approximate surface area is 96.4 Å². The Morgan fingerprint density at radius 1 is 1.44 bits per heavy atom. The van der Waals surface area contributed by atoms with Crippen molar-refractivity contribution in [2.75, 3.05) is 11.9 Å². The predicted molar refractivity (Wildman–Crippen MR) is 56.5 cm³/mol. The van der Waals surface area contributed by atoms with E-state index in [0.717, 1.165) is 0 Å². The molecule has 1 aromatic carbocycles. The molecule has 0 amide bonds. The van der Waals surface area contributed by atoms with Gasteiger partial charge in [-0.1, -0.05) is 17.7 Å². The highest BCUT2D eigenvalue weighted by Gasteiger charge is 2.40. The van der Waals surface area contributed by atoms with E-state index >= 15 is 0 Å². The molecule has 1 aromatic rings. The van der Waals surface area contributed by atoms with Crippen LogP contribution in [0.2, 0.25) is 5.02 Å². The van der Waals surface area contributed by atoms with Crippen molar-refractivity contribution in [2.24, 2.45) is 0 Å². The third kappa shape index (κ3) is 3.90. The summed E-state index contributed by atoms with van der Waals surface area (Å²) in [5, 5.41) is 2.59. The molecule has 0 aliphatic carbocycles. The van der Waals surface area contributed by atoms with Crippen LogP contribution in [0.3, 0.4) is 0 Å². The van der Waals surface area contributed by atoms with Gasteiger partial charge >= 0.3 is 6.18 Å². The van der Waals surface area contributed by atoms with Gasteiger partial charge in [0.05, 0.1) is 0 Å². The van der Waals surface area contributed by atoms with Crippen molar-refractivity contribution in [3.63, 3.8) is 0 Å². The summed E-state index contributed by atoms with van der Waals surface area (Å²) in [6.07, 6.45) is -6.48. The summed E-state index contributed by atoms with van der Waals surface area (Å²) in [5.41, 5.74) is 0.267. The molecule has 1 unspecified atom stereocenters. The SMILES string of the molecule is CCOC(Nc1cccc(Cl)c1)C(F)(F)F. The zero-order chi connectivity index (χ0) is 12.2. The Balaban J connectivity index is 2.76. The molecule has 1 atom stereocenters. The number of halogens is 4. The monoisotopic (exact) mass is 253 g/mol. The number of anilines is 1. The number of benzene rings is 1. The zero-order valence-electron chi connectivity index (χ0n) is 8.51. The number of ether oxygens (including phenoxy) is 1. The zero-order valence-corrected chi connectivity index (χ0v) is 9.27. The van der Waals surface area contributed by atoms with E-state index in [-0.39, 0.29) is 12.3 Å². The van der Waals surface area contributed by atoms with Crippen molar-refractivity contribution in [3.05, 3.63) is 29.3 Å². The van der Waals surface area contributed by atoms with Crippen molar-refractivity contribution in [1.29, 1.82) is 0 Å². The molecule has 90 valence electrons. The van der Waals surface area contributed by atoms with Gasteiger partial charge in [-0.3, -0.25) is 0 Å². The van der Waals surface area contributed by atoms with Gasteiger partial charge in [-0.25, -0.2) is 0 Å². The minimum atomic E-state index is -4.46. The van der Waals surface area contributed by atoms with Crippen LogP contribution in [0, 0.1) is 0 Å². The van der Waals surface area contributed by atoms with Crippen LogP contribution in [0.4, 0.5) is 18.9 Å². The smallest absolute Gasteiger partial charge is 0.353 e. The minimum absolute atomic E-state index is 0.0300. The highest BCUT2D eigenvalue weighted by atomic mass is 35.5. The first-order valence-electron chi connectivity index (χ1n) is 4.64. The fraction of sp³-hybridized carbons (Fsp3) is 0.400. The Kier molecular flexibility index (Phi) is 4.44. The number of rotatable bonds is 4. The lowest BCUT2D eigenvalue weighted by molar-refractivity contribution is -0.209. The first-order chi connectivity index (χ1) is 7.43. The minimum Gasteiger partial charge on any atom is -0.353 e. The van der Waals surface area contributed by atoms with Gasteiger partial charge < -0.3 is 10.1 Å². The second kappa shape index (κ2) is 5.41. The van der Waals surface area contributed by atoms with Crippen LogP contribution in [0.5, 0.6) is 0 Å². The maximum atomic E-state index is 12.5. The first-order valence-corrected chi connectivity index (χ1v) is 5.01. The summed E-state index contributed by atoms with van der Waals surface area (Å²) in [4.78, 5) is 0. The number of nitrogens with one attached hydrogen (secondary N) is 1. The van der Waals surface area contributed by atoms with Gasteiger partial charge in [0.2, 0.25) is 6.23 Å². The Morgan fingerprint density at radius 2 is 2.12 bits per heavy atom. The van der Waals surface area contributed by atoms with Gasteiger partial charge in [-0.05, 0) is 25.1 Å². The molecule has 6 heteroatoms. The van der Waals surface area contributed by atoms with Crippen LogP contribution in [-0.4, -0.2) is 19.0 Å². The molecule has 0 aliphatic rings. The van der Waals surface area contributed by atoms with E-state index in [9.17, 15) is 13.2 Å². The summed E-state index contributed by atoms with van der Waals surface area (Å²) >= 11 is 5.66. The molecule has 0 heterocycles. The highest BCUT2D eigenvalue weighted by Crippen LogP contribution is 2.25. The molecule has 2 nitrogen and oxygen atoms in total. The Bertz CT molecular complexity index is 343. The van der Waals surface area contributed by atoms with Crippen LogP contribution in [-0.2, 0) is 4.74 Å². The first kappa shape index (κ1) is 13.1. The summed E-state index contributed by atoms with van der Waals surface area (Å²) in [7, 11) is 0. The van der Waals surface area contributed by atoms with Crippen molar-refractivity contribution in [1.82, 2.24) is 0 Å². The molecule has 0 saturated carbocycles. The molecule has 1 rings (SSSR count). The molecule has 0 spiro atoms. The molecular weight excluding hydrogens is 243 g/mol. The van der Waals surface area contributed by atoms with E-state index in [4.69, 9.17) is 11.6 Å². The van der Waals surface area contributed by atoms with Gasteiger partial charge in [0.15, 0.2) is 0 Å². The summed E-state index contributed by atoms with van der Waals surface area (Å²) in [6, 6.07) is 6.03. The molecule has 0 fully saturated rings. The molecule has 16 heavy (non-hydrogen) atoms.